The van der Waals surface area contributed by atoms with Crippen LogP contribution in [-0.4, -0.2) is 57.6 Å². The van der Waals surface area contributed by atoms with Gasteiger partial charge in [-0.1, -0.05) is 49.6 Å². The molecule has 1 atom stereocenters. The molecular formula is C28H37N3O5S. The number of sulfonamides is 1. The standard InChI is InChI=1S/C28H37N3O5S/c1-2-36-25-18-22(17-24(19-25)31-14-9-15-37(31,34)35)28(33)30-26(16-21-10-5-3-6-11-21)27(32)20-29-23-12-7-4-8-13-23/h3,5-6,10-11,17-19,23,26,29H,2,4,7-9,12-16,20H2,1H3,(H,30,33)/t26-/m0/s1. The van der Waals surface area contributed by atoms with E-state index in [9.17, 15) is 18.0 Å². The molecule has 2 aliphatic rings. The number of ether oxygens (including phenoxy) is 1. The maximum atomic E-state index is 13.4. The molecule has 1 heterocycles. The molecule has 2 fully saturated rings. The summed E-state index contributed by atoms with van der Waals surface area (Å²) in [4.78, 5) is 26.7. The number of nitrogens with one attached hydrogen (secondary N) is 2. The SMILES string of the molecule is CCOc1cc(C(=O)N[C@@H](Cc2ccccc2)C(=O)CNC2CCCCC2)cc(N2CCCS2(=O)=O)c1. The summed E-state index contributed by atoms with van der Waals surface area (Å²) in [6.45, 7) is 2.76. The number of Topliss-reactive ketones (excluding diaryl/α,β-unsaturated/α-hetero) is 1. The van der Waals surface area contributed by atoms with Gasteiger partial charge in [-0.15, -0.1) is 0 Å². The zero-order chi connectivity index (χ0) is 26.3. The summed E-state index contributed by atoms with van der Waals surface area (Å²) in [6.07, 6.45) is 6.61. The summed E-state index contributed by atoms with van der Waals surface area (Å²) in [5.74, 6) is -0.0238. The van der Waals surface area contributed by atoms with Crippen molar-refractivity contribution in [3.05, 3.63) is 59.7 Å². The van der Waals surface area contributed by atoms with E-state index in [1.165, 1.54) is 23.6 Å². The van der Waals surface area contributed by atoms with E-state index in [1.807, 2.05) is 37.3 Å². The van der Waals surface area contributed by atoms with Gasteiger partial charge in [-0.05, 0) is 50.3 Å². The minimum absolute atomic E-state index is 0.0777. The van der Waals surface area contributed by atoms with Crippen molar-refractivity contribution in [1.82, 2.24) is 10.6 Å². The van der Waals surface area contributed by atoms with Crippen LogP contribution in [-0.2, 0) is 21.2 Å². The molecule has 37 heavy (non-hydrogen) atoms. The minimum atomic E-state index is -3.43. The maximum Gasteiger partial charge on any atom is 0.252 e. The third kappa shape index (κ3) is 7.32. The molecule has 1 aliphatic heterocycles. The monoisotopic (exact) mass is 527 g/mol. The van der Waals surface area contributed by atoms with Crippen LogP contribution in [0.2, 0.25) is 0 Å². The molecular weight excluding hydrogens is 490 g/mol. The maximum absolute atomic E-state index is 13.4. The summed E-state index contributed by atoms with van der Waals surface area (Å²) in [5, 5.41) is 6.31. The van der Waals surface area contributed by atoms with E-state index in [4.69, 9.17) is 4.74 Å². The van der Waals surface area contributed by atoms with Crippen molar-refractivity contribution in [2.75, 3.05) is 29.8 Å². The van der Waals surface area contributed by atoms with Crippen LogP contribution >= 0.6 is 0 Å². The third-order valence-electron chi connectivity index (χ3n) is 7.00. The first-order valence-corrected chi connectivity index (χ1v) is 14.9. The van der Waals surface area contributed by atoms with Gasteiger partial charge in [-0.25, -0.2) is 8.42 Å². The van der Waals surface area contributed by atoms with Gasteiger partial charge in [0.15, 0.2) is 5.78 Å². The Labute approximate surface area is 219 Å². The van der Waals surface area contributed by atoms with E-state index in [0.29, 0.717) is 43.5 Å². The zero-order valence-electron chi connectivity index (χ0n) is 21.4. The molecule has 2 aromatic rings. The number of amides is 1. The molecule has 0 radical (unpaired) electrons. The van der Waals surface area contributed by atoms with Crippen LogP contribution in [0.15, 0.2) is 48.5 Å². The molecule has 1 saturated heterocycles. The topological polar surface area (TPSA) is 105 Å². The van der Waals surface area contributed by atoms with Gasteiger partial charge in [-0.2, -0.15) is 0 Å². The van der Waals surface area contributed by atoms with Crippen LogP contribution in [0.25, 0.3) is 0 Å². The highest BCUT2D eigenvalue weighted by Gasteiger charge is 2.30. The smallest absolute Gasteiger partial charge is 0.252 e. The van der Waals surface area contributed by atoms with Crippen molar-refractivity contribution in [3.8, 4) is 5.75 Å². The van der Waals surface area contributed by atoms with E-state index >= 15 is 0 Å². The number of anilines is 1. The average molecular weight is 528 g/mol. The van der Waals surface area contributed by atoms with E-state index in [-0.39, 0.29) is 23.6 Å². The molecule has 0 spiro atoms. The molecule has 4 rings (SSSR count). The van der Waals surface area contributed by atoms with Gasteiger partial charge in [0.05, 0.1) is 30.6 Å². The Morgan fingerprint density at radius 2 is 1.81 bits per heavy atom. The molecule has 200 valence electrons. The number of nitrogens with zero attached hydrogens (tertiary/aromatic N) is 1. The predicted octanol–water partition coefficient (Wildman–Crippen LogP) is 3.46. The second-order valence-electron chi connectivity index (χ2n) is 9.79. The highest BCUT2D eigenvalue weighted by Crippen LogP contribution is 2.29. The fraction of sp³-hybridized carbons (Fsp3) is 0.500. The molecule has 9 heteroatoms. The highest BCUT2D eigenvalue weighted by atomic mass is 32.2. The normalized spacial score (nSPS) is 18.4. The molecule has 2 aromatic carbocycles. The Hall–Kier alpha value is -2.91. The van der Waals surface area contributed by atoms with Crippen molar-refractivity contribution in [2.24, 2.45) is 0 Å². The van der Waals surface area contributed by atoms with Crippen molar-refractivity contribution < 1.29 is 22.7 Å². The Morgan fingerprint density at radius 3 is 2.49 bits per heavy atom. The Morgan fingerprint density at radius 1 is 1.05 bits per heavy atom. The lowest BCUT2D eigenvalue weighted by atomic mass is 9.95. The van der Waals surface area contributed by atoms with Crippen molar-refractivity contribution in [1.29, 1.82) is 0 Å². The minimum Gasteiger partial charge on any atom is -0.494 e. The lowest BCUT2D eigenvalue weighted by molar-refractivity contribution is -0.120. The number of hydrogen-bond donors (Lipinski definition) is 2. The Balaban J connectivity index is 1.54. The number of ketones is 1. The summed E-state index contributed by atoms with van der Waals surface area (Å²) >= 11 is 0. The number of carbonyl (C=O) groups is 2. The molecule has 0 aromatic heterocycles. The highest BCUT2D eigenvalue weighted by molar-refractivity contribution is 7.93. The van der Waals surface area contributed by atoms with Gasteiger partial charge < -0.3 is 15.4 Å². The lowest BCUT2D eigenvalue weighted by Gasteiger charge is -2.24. The van der Waals surface area contributed by atoms with Gasteiger partial charge >= 0.3 is 0 Å². The van der Waals surface area contributed by atoms with Crippen LogP contribution in [0.5, 0.6) is 5.75 Å². The molecule has 1 saturated carbocycles. The largest absolute Gasteiger partial charge is 0.494 e. The fourth-order valence-electron chi connectivity index (χ4n) is 5.05. The molecule has 0 bridgehead atoms. The first-order valence-electron chi connectivity index (χ1n) is 13.2. The summed E-state index contributed by atoms with van der Waals surface area (Å²) in [7, 11) is -3.43. The average Bonchev–Trinajstić information content (AvgIpc) is 3.27. The predicted molar refractivity (Wildman–Crippen MR) is 145 cm³/mol. The first-order chi connectivity index (χ1) is 17.9. The quantitative estimate of drug-likeness (QED) is 0.464. The summed E-state index contributed by atoms with van der Waals surface area (Å²) < 4.78 is 32.0. The molecule has 2 N–H and O–H groups in total. The van der Waals surface area contributed by atoms with Gasteiger partial charge in [-0.3, -0.25) is 13.9 Å². The van der Waals surface area contributed by atoms with E-state index in [2.05, 4.69) is 10.6 Å². The van der Waals surface area contributed by atoms with Crippen molar-refractivity contribution in [2.45, 2.75) is 64.0 Å². The van der Waals surface area contributed by atoms with E-state index in [0.717, 1.165) is 18.4 Å². The molecule has 1 amide bonds. The van der Waals surface area contributed by atoms with Crippen LogP contribution in [0, 0.1) is 0 Å². The zero-order valence-corrected chi connectivity index (χ0v) is 22.3. The van der Waals surface area contributed by atoms with Gasteiger partial charge in [0, 0.05) is 24.2 Å². The third-order valence-corrected chi connectivity index (χ3v) is 8.87. The van der Waals surface area contributed by atoms with E-state index in [1.54, 1.807) is 18.2 Å². The van der Waals surface area contributed by atoms with Crippen LogP contribution in [0.3, 0.4) is 0 Å². The molecule has 8 nitrogen and oxygen atoms in total. The van der Waals surface area contributed by atoms with Gasteiger partial charge in [0.2, 0.25) is 10.0 Å². The van der Waals surface area contributed by atoms with Gasteiger partial charge in [0.25, 0.3) is 5.91 Å². The first kappa shape index (κ1) is 27.1. The number of carbonyl (C=O) groups excluding carboxylic acids is 2. The molecule has 0 unspecified atom stereocenters. The number of benzene rings is 2. The van der Waals surface area contributed by atoms with Crippen LogP contribution in [0.4, 0.5) is 5.69 Å². The van der Waals surface area contributed by atoms with Crippen LogP contribution in [0.1, 0.15) is 61.4 Å². The number of rotatable bonds is 11. The summed E-state index contributed by atoms with van der Waals surface area (Å²) in [5.41, 5.74) is 1.61. The fourth-order valence-corrected chi connectivity index (χ4v) is 6.60. The van der Waals surface area contributed by atoms with Crippen LogP contribution < -0.4 is 19.7 Å². The van der Waals surface area contributed by atoms with E-state index < -0.39 is 22.0 Å². The van der Waals surface area contributed by atoms with Crippen molar-refractivity contribution in [3.63, 3.8) is 0 Å². The Kier molecular flexibility index (Phi) is 9.21. The Bertz CT molecular complexity index is 1180. The second kappa shape index (κ2) is 12.6. The number of hydrogen-bond acceptors (Lipinski definition) is 6. The molecule has 1 aliphatic carbocycles. The second-order valence-corrected chi connectivity index (χ2v) is 11.8. The lowest BCUT2D eigenvalue weighted by Crippen LogP contribution is -2.47. The van der Waals surface area contributed by atoms with Gasteiger partial charge in [0.1, 0.15) is 5.75 Å². The van der Waals surface area contributed by atoms with Crippen molar-refractivity contribution >= 4 is 27.4 Å². The summed E-state index contributed by atoms with van der Waals surface area (Å²) in [6, 6.07) is 14.0.